The van der Waals surface area contributed by atoms with Crippen molar-refractivity contribution in [3.05, 3.63) is 30.0 Å². The van der Waals surface area contributed by atoms with E-state index in [2.05, 4.69) is 0 Å². The average molecular weight is 190 g/mol. The molecule has 2 aromatic rings. The SMILES string of the molecule is O=Cc1oc2ccccc2c1B(O)O. The first-order valence-electron chi connectivity index (χ1n) is 4.07. The molecule has 1 aromatic carbocycles. The van der Waals surface area contributed by atoms with Gasteiger partial charge < -0.3 is 14.5 Å². The number of furan rings is 1. The van der Waals surface area contributed by atoms with Crippen molar-refractivity contribution in [3.8, 4) is 0 Å². The quantitative estimate of drug-likeness (QED) is 0.513. The molecule has 0 saturated carbocycles. The number of hydrogen-bond acceptors (Lipinski definition) is 4. The minimum absolute atomic E-state index is 0.0406. The van der Waals surface area contributed by atoms with Gasteiger partial charge in [0.15, 0.2) is 12.0 Å². The predicted octanol–water partition coefficient (Wildman–Crippen LogP) is -0.0749. The minimum Gasteiger partial charge on any atom is -0.454 e. The Morgan fingerprint density at radius 3 is 2.64 bits per heavy atom. The standard InChI is InChI=1S/C9H7BO4/c11-5-8-9(10(12)13)6-3-1-2-4-7(6)14-8/h1-5,12-13H. The maximum Gasteiger partial charge on any atom is 0.493 e. The average Bonchev–Trinajstić information content (AvgIpc) is 2.55. The highest BCUT2D eigenvalue weighted by Gasteiger charge is 2.23. The molecule has 70 valence electrons. The van der Waals surface area contributed by atoms with Gasteiger partial charge in [0, 0.05) is 10.8 Å². The van der Waals surface area contributed by atoms with Gasteiger partial charge in [-0.15, -0.1) is 0 Å². The summed E-state index contributed by atoms with van der Waals surface area (Å²) in [5, 5.41) is 18.7. The Bertz CT molecular complexity index is 475. The Morgan fingerprint density at radius 2 is 2.00 bits per heavy atom. The molecule has 1 heterocycles. The Morgan fingerprint density at radius 1 is 1.29 bits per heavy atom. The third kappa shape index (κ3) is 1.23. The van der Waals surface area contributed by atoms with E-state index in [0.29, 0.717) is 17.3 Å². The van der Waals surface area contributed by atoms with Crippen LogP contribution >= 0.6 is 0 Å². The second kappa shape index (κ2) is 3.28. The van der Waals surface area contributed by atoms with Gasteiger partial charge in [-0.3, -0.25) is 4.79 Å². The van der Waals surface area contributed by atoms with Crippen molar-refractivity contribution in [2.75, 3.05) is 0 Å². The van der Waals surface area contributed by atoms with Crippen molar-refractivity contribution in [2.45, 2.75) is 0 Å². The smallest absolute Gasteiger partial charge is 0.454 e. The second-order valence-corrected chi connectivity index (χ2v) is 2.87. The summed E-state index contributed by atoms with van der Waals surface area (Å²) >= 11 is 0. The third-order valence-corrected chi connectivity index (χ3v) is 2.03. The summed E-state index contributed by atoms with van der Waals surface area (Å²) in [6, 6.07) is 6.81. The summed E-state index contributed by atoms with van der Waals surface area (Å²) in [6.07, 6.45) is 0.467. The first-order valence-corrected chi connectivity index (χ1v) is 4.07. The summed E-state index contributed by atoms with van der Waals surface area (Å²) in [7, 11) is -1.70. The van der Waals surface area contributed by atoms with E-state index in [9.17, 15) is 4.79 Å². The molecule has 0 aliphatic carbocycles. The molecule has 2 rings (SSSR count). The van der Waals surface area contributed by atoms with Crippen LogP contribution in [0.5, 0.6) is 0 Å². The zero-order valence-corrected chi connectivity index (χ0v) is 7.18. The fourth-order valence-electron chi connectivity index (χ4n) is 1.44. The normalized spacial score (nSPS) is 10.4. The molecule has 0 spiro atoms. The van der Waals surface area contributed by atoms with E-state index < -0.39 is 7.12 Å². The van der Waals surface area contributed by atoms with Gasteiger partial charge in [0.1, 0.15) is 5.58 Å². The molecular formula is C9H7BO4. The van der Waals surface area contributed by atoms with Gasteiger partial charge in [0.25, 0.3) is 0 Å². The highest BCUT2D eigenvalue weighted by atomic mass is 16.4. The molecule has 0 bridgehead atoms. The Balaban J connectivity index is 2.80. The maximum atomic E-state index is 10.6. The Hall–Kier alpha value is -1.59. The van der Waals surface area contributed by atoms with Crippen LogP contribution in [0.4, 0.5) is 0 Å². The van der Waals surface area contributed by atoms with Crippen LogP contribution in [0, 0.1) is 0 Å². The molecule has 0 aliphatic rings. The largest absolute Gasteiger partial charge is 0.493 e. The van der Waals surface area contributed by atoms with Gasteiger partial charge in [0.05, 0.1) is 0 Å². The van der Waals surface area contributed by atoms with Gasteiger partial charge in [-0.2, -0.15) is 0 Å². The van der Waals surface area contributed by atoms with Crippen molar-refractivity contribution in [2.24, 2.45) is 0 Å². The van der Waals surface area contributed by atoms with Crippen LogP contribution in [-0.4, -0.2) is 23.5 Å². The predicted molar refractivity (Wildman–Crippen MR) is 51.4 cm³/mol. The Labute approximate surface area is 79.9 Å². The molecule has 0 saturated heterocycles. The summed E-state index contributed by atoms with van der Waals surface area (Å²) in [6.45, 7) is 0. The van der Waals surface area contributed by atoms with Crippen LogP contribution in [0.3, 0.4) is 0 Å². The summed E-state index contributed by atoms with van der Waals surface area (Å²) in [5.41, 5.74) is 0.591. The van der Waals surface area contributed by atoms with E-state index in [1.165, 1.54) is 0 Å². The number of hydrogen-bond donors (Lipinski definition) is 2. The lowest BCUT2D eigenvalue weighted by atomic mass is 9.78. The van der Waals surface area contributed by atoms with Crippen molar-refractivity contribution in [3.63, 3.8) is 0 Å². The van der Waals surface area contributed by atoms with Gasteiger partial charge in [0.2, 0.25) is 0 Å². The van der Waals surface area contributed by atoms with Crippen LogP contribution in [0.1, 0.15) is 10.6 Å². The Kier molecular flexibility index (Phi) is 2.11. The fraction of sp³-hybridized carbons (Fsp3) is 0. The fourth-order valence-corrected chi connectivity index (χ4v) is 1.44. The molecule has 1 aromatic heterocycles. The molecule has 0 amide bonds. The zero-order chi connectivity index (χ0) is 10.1. The van der Waals surface area contributed by atoms with Crippen molar-refractivity contribution in [1.29, 1.82) is 0 Å². The van der Waals surface area contributed by atoms with Crippen molar-refractivity contribution in [1.82, 2.24) is 0 Å². The lowest BCUT2D eigenvalue weighted by Gasteiger charge is -1.94. The highest BCUT2D eigenvalue weighted by molar-refractivity contribution is 6.63. The molecule has 0 radical (unpaired) electrons. The van der Waals surface area contributed by atoms with Gasteiger partial charge in [-0.05, 0) is 6.07 Å². The zero-order valence-electron chi connectivity index (χ0n) is 7.18. The molecule has 0 fully saturated rings. The topological polar surface area (TPSA) is 70.7 Å². The van der Waals surface area contributed by atoms with E-state index in [1.807, 2.05) is 0 Å². The number of carbonyl (C=O) groups is 1. The number of benzene rings is 1. The van der Waals surface area contributed by atoms with Crippen LogP contribution in [0.15, 0.2) is 28.7 Å². The maximum absolute atomic E-state index is 10.6. The third-order valence-electron chi connectivity index (χ3n) is 2.03. The first-order chi connectivity index (χ1) is 6.74. The van der Waals surface area contributed by atoms with E-state index in [1.54, 1.807) is 24.3 Å². The molecule has 4 nitrogen and oxygen atoms in total. The van der Waals surface area contributed by atoms with E-state index >= 15 is 0 Å². The van der Waals surface area contributed by atoms with Gasteiger partial charge in [-0.1, -0.05) is 18.2 Å². The number of aldehydes is 1. The summed E-state index contributed by atoms with van der Waals surface area (Å²) in [5.74, 6) is -0.0406. The number of para-hydroxylation sites is 1. The summed E-state index contributed by atoms with van der Waals surface area (Å²) in [4.78, 5) is 10.6. The first kappa shape index (κ1) is 8.99. The molecule has 2 N–H and O–H groups in total. The number of rotatable bonds is 2. The van der Waals surface area contributed by atoms with E-state index in [4.69, 9.17) is 14.5 Å². The molecule has 14 heavy (non-hydrogen) atoms. The van der Waals surface area contributed by atoms with Gasteiger partial charge in [-0.25, -0.2) is 0 Å². The number of fused-ring (bicyclic) bond motifs is 1. The van der Waals surface area contributed by atoms with Crippen molar-refractivity contribution < 1.29 is 19.3 Å². The van der Waals surface area contributed by atoms with E-state index in [-0.39, 0.29) is 11.2 Å². The molecule has 0 aliphatic heterocycles. The lowest BCUT2D eigenvalue weighted by molar-refractivity contribution is 0.110. The van der Waals surface area contributed by atoms with Gasteiger partial charge >= 0.3 is 7.12 Å². The van der Waals surface area contributed by atoms with Crippen LogP contribution in [0.2, 0.25) is 0 Å². The monoisotopic (exact) mass is 190 g/mol. The molecule has 5 heteroatoms. The van der Waals surface area contributed by atoms with Crippen LogP contribution < -0.4 is 5.46 Å². The lowest BCUT2D eigenvalue weighted by Crippen LogP contribution is -2.31. The minimum atomic E-state index is -1.70. The second-order valence-electron chi connectivity index (χ2n) is 2.87. The van der Waals surface area contributed by atoms with Crippen LogP contribution in [0.25, 0.3) is 11.0 Å². The molecule has 0 atom stereocenters. The van der Waals surface area contributed by atoms with Crippen LogP contribution in [-0.2, 0) is 0 Å². The molecular weight excluding hydrogens is 183 g/mol. The van der Waals surface area contributed by atoms with E-state index in [0.717, 1.165) is 0 Å². The number of carbonyl (C=O) groups excluding carboxylic acids is 1. The molecule has 0 unspecified atom stereocenters. The highest BCUT2D eigenvalue weighted by Crippen LogP contribution is 2.15. The van der Waals surface area contributed by atoms with Crippen molar-refractivity contribution >= 4 is 29.8 Å². The summed E-state index contributed by atoms with van der Waals surface area (Å²) < 4.78 is 5.12.